The Kier molecular flexibility index (Phi) is 48.2. The fraction of sp³-hybridized carbons (Fsp3) is 0.709. The molecule has 0 heterocycles. The summed E-state index contributed by atoms with van der Waals surface area (Å²) in [5.74, 6) is 0.166. The van der Waals surface area contributed by atoms with Crippen molar-refractivity contribution in [1.29, 1.82) is 0 Å². The summed E-state index contributed by atoms with van der Waals surface area (Å²) in [5.41, 5.74) is 0. The van der Waals surface area contributed by atoms with Gasteiger partial charge in [-0.25, -0.2) is 0 Å². The van der Waals surface area contributed by atoms with Crippen molar-refractivity contribution in [2.75, 3.05) is 21.3 Å². The number of rotatable bonds is 20. The van der Waals surface area contributed by atoms with Crippen LogP contribution >= 0.6 is 0 Å². The van der Waals surface area contributed by atoms with Crippen molar-refractivity contribution >= 4 is 46.8 Å². The third kappa shape index (κ3) is 30.9. The van der Waals surface area contributed by atoms with Gasteiger partial charge in [-0.05, 0) is 108 Å². The van der Waals surface area contributed by atoms with E-state index >= 15 is 0 Å². The maximum Gasteiger partial charge on any atom is 0.305 e. The maximum absolute atomic E-state index is 11.7. The Morgan fingerprint density at radius 1 is 0.456 bits per heavy atom. The van der Waals surface area contributed by atoms with Crippen LogP contribution in [0.15, 0.2) is 48.6 Å². The van der Waals surface area contributed by atoms with Gasteiger partial charge in [0.15, 0.2) is 0 Å². The Morgan fingerprint density at radius 3 is 0.897 bits per heavy atom. The number of carboxylic acid groups (broad SMARTS) is 2. The molecule has 0 radical (unpaired) electrons. The molecule has 0 amide bonds. The first kappa shape index (κ1) is 72.6. The summed E-state index contributed by atoms with van der Waals surface area (Å²) < 4.78 is 4.65. The second kappa shape index (κ2) is 45.1. The molecule has 4 aliphatic rings. The fourth-order valence-corrected chi connectivity index (χ4v) is 8.93. The Balaban J connectivity index is -0.000000249. The molecule has 13 heteroatoms. The number of allylic oxidation sites excluding steroid dienone is 8. The van der Waals surface area contributed by atoms with Crippen LogP contribution in [0.5, 0.6) is 0 Å². The van der Waals surface area contributed by atoms with E-state index in [1.807, 2.05) is 38.2 Å². The summed E-state index contributed by atoms with van der Waals surface area (Å²) in [7, 11) is 3.39. The molecule has 0 aromatic rings. The van der Waals surface area contributed by atoms with Crippen molar-refractivity contribution in [3.05, 3.63) is 48.6 Å². The summed E-state index contributed by atoms with van der Waals surface area (Å²) in [6, 6.07) is 0. The van der Waals surface area contributed by atoms with E-state index in [-0.39, 0.29) is 99.9 Å². The van der Waals surface area contributed by atoms with Crippen molar-refractivity contribution in [3.63, 3.8) is 0 Å². The van der Waals surface area contributed by atoms with Crippen molar-refractivity contribution < 1.29 is 63.5 Å². The van der Waals surface area contributed by atoms with E-state index in [2.05, 4.69) is 42.9 Å². The highest BCUT2D eigenvalue weighted by Gasteiger charge is 2.37. The lowest BCUT2D eigenvalue weighted by Crippen LogP contribution is -2.18. The summed E-state index contributed by atoms with van der Waals surface area (Å²) in [6.07, 6.45) is 30.2. The molecular formula is C55H96O13. The fourth-order valence-electron chi connectivity index (χ4n) is 8.93. The van der Waals surface area contributed by atoms with Gasteiger partial charge in [0.1, 0.15) is 28.9 Å². The van der Waals surface area contributed by atoms with Gasteiger partial charge < -0.3 is 30.0 Å². The first-order chi connectivity index (χ1) is 31.1. The molecule has 394 valence electrons. The van der Waals surface area contributed by atoms with Crippen molar-refractivity contribution in [3.8, 4) is 0 Å². The van der Waals surface area contributed by atoms with E-state index in [4.69, 9.17) is 20.4 Å². The molecule has 4 aliphatic carbocycles. The Hall–Kier alpha value is -4.36. The molecule has 8 atom stereocenters. The number of Topliss-reactive ketones (excluding diaryl/α,β-unsaturated/α-hetero) is 5. The zero-order valence-corrected chi connectivity index (χ0v) is 40.8. The Labute approximate surface area is 411 Å². The van der Waals surface area contributed by atoms with Crippen LogP contribution in [0.2, 0.25) is 0 Å². The lowest BCUT2D eigenvalue weighted by molar-refractivity contribution is -0.142. The number of carboxylic acids is 2. The molecule has 4 rings (SSSR count). The van der Waals surface area contributed by atoms with Crippen LogP contribution in [-0.2, 0) is 43.1 Å². The predicted octanol–water partition coefficient (Wildman–Crippen LogP) is 11.4. The van der Waals surface area contributed by atoms with Gasteiger partial charge in [0.25, 0.3) is 0 Å². The van der Waals surface area contributed by atoms with E-state index in [0.29, 0.717) is 68.9 Å². The number of carbonyl (C=O) groups excluding carboxylic acids is 6. The molecule has 0 aromatic heterocycles. The number of hydrogen-bond donors (Lipinski definition) is 4. The van der Waals surface area contributed by atoms with Crippen LogP contribution in [-0.4, -0.2) is 88.6 Å². The second-order valence-electron chi connectivity index (χ2n) is 16.8. The van der Waals surface area contributed by atoms with E-state index in [0.717, 1.165) is 78.4 Å². The highest BCUT2D eigenvalue weighted by Crippen LogP contribution is 2.37. The Morgan fingerprint density at radius 2 is 0.691 bits per heavy atom. The van der Waals surface area contributed by atoms with Crippen LogP contribution < -0.4 is 0 Å². The summed E-state index contributed by atoms with van der Waals surface area (Å²) >= 11 is 0. The van der Waals surface area contributed by atoms with Gasteiger partial charge in [-0.3, -0.25) is 33.6 Å². The number of methoxy groups -OCH3 is 1. The van der Waals surface area contributed by atoms with Gasteiger partial charge in [-0.1, -0.05) is 98.6 Å². The highest BCUT2D eigenvalue weighted by molar-refractivity contribution is 5.86. The molecule has 0 aromatic carbocycles. The second-order valence-corrected chi connectivity index (χ2v) is 16.8. The van der Waals surface area contributed by atoms with Crippen molar-refractivity contribution in [2.45, 2.75) is 185 Å². The monoisotopic (exact) mass is 965 g/mol. The number of esters is 1. The van der Waals surface area contributed by atoms with Crippen molar-refractivity contribution in [1.82, 2.24) is 0 Å². The molecule has 4 N–H and O–H groups in total. The van der Waals surface area contributed by atoms with Gasteiger partial charge in [-0.15, -0.1) is 0 Å². The lowest BCUT2D eigenvalue weighted by Gasteiger charge is -2.15. The molecule has 0 bridgehead atoms. The van der Waals surface area contributed by atoms with Gasteiger partial charge in [-0.2, -0.15) is 0 Å². The average Bonchev–Trinajstić information content (AvgIpc) is 4.02. The molecule has 4 fully saturated rings. The largest absolute Gasteiger partial charge is 0.481 e. The summed E-state index contributed by atoms with van der Waals surface area (Å²) in [5, 5.41) is 31.4. The molecule has 13 nitrogen and oxygen atoms in total. The van der Waals surface area contributed by atoms with Crippen LogP contribution in [0.3, 0.4) is 0 Å². The third-order valence-electron chi connectivity index (χ3n) is 12.2. The zero-order chi connectivity index (χ0) is 49.7. The van der Waals surface area contributed by atoms with Crippen LogP contribution in [0, 0.1) is 47.3 Å². The third-order valence-corrected chi connectivity index (χ3v) is 12.2. The first-order valence-electron chi connectivity index (χ1n) is 23.7. The van der Waals surface area contributed by atoms with Gasteiger partial charge in [0, 0.05) is 89.3 Å². The zero-order valence-electron chi connectivity index (χ0n) is 40.8. The molecule has 0 saturated heterocycles. The van der Waals surface area contributed by atoms with Crippen LogP contribution in [0.25, 0.3) is 0 Å². The number of hydrogen-bond acceptors (Lipinski definition) is 11. The highest BCUT2D eigenvalue weighted by atomic mass is 16.5. The summed E-state index contributed by atoms with van der Waals surface area (Å²) in [6.45, 7) is 9.85. The van der Waals surface area contributed by atoms with Crippen LogP contribution in [0.4, 0.5) is 0 Å². The average molecular weight is 965 g/mol. The molecule has 0 spiro atoms. The minimum Gasteiger partial charge on any atom is -0.481 e. The number of aliphatic hydroxyl groups excluding tert-OH is 2. The molecule has 0 aliphatic heterocycles. The van der Waals surface area contributed by atoms with Crippen molar-refractivity contribution in [2.24, 2.45) is 47.3 Å². The molecule has 4 saturated carbocycles. The quantitative estimate of drug-likeness (QED) is 0.0658. The number of ketones is 5. The number of ether oxygens (including phenoxy) is 1. The molecule has 68 heavy (non-hydrogen) atoms. The van der Waals surface area contributed by atoms with Gasteiger partial charge in [0.2, 0.25) is 0 Å². The van der Waals surface area contributed by atoms with E-state index in [1.165, 1.54) is 7.11 Å². The van der Waals surface area contributed by atoms with E-state index in [1.54, 1.807) is 6.92 Å². The molecular weight excluding hydrogens is 869 g/mol. The standard InChI is InChI=1S/C13H20O3.C13H20O2.2C12H18O3.2CH4O.3CH4/c1-3-4-5-6-11-10(7-8-12(11)14)9-13(15)16-2;1-3-4-5-6-12-11(9-10(2)14)7-8-13(12)15;2*1-2-3-4-5-10-9(8-12(14)15)6-7-11(10)13;2*1-2;;;/h4-5,10-11H,3,6-9H2,1-2H3;4-5,11-12H,3,6-9H2,1-2H3;2*3-4,9-10H,2,5-8H2,1H3,(H,14,15);2*2H,1H3;3*1H4/b5-4+;5-4-;4-3+;4-3-;;;;;/t10-,11+;11-,12+;2*9-,10+;;;;;/m0000...../s1. The Bertz CT molecular complexity index is 1410. The topological polar surface area (TPSA) is 227 Å². The summed E-state index contributed by atoms with van der Waals surface area (Å²) in [4.78, 5) is 89.8. The van der Waals surface area contributed by atoms with Gasteiger partial charge in [0.05, 0.1) is 7.11 Å². The SMILES string of the molecule is C.C.C.CC/C=C/C[C@H]1C(=O)CC[C@H]1CC(=O)O.CC/C=C/C[C@H]1C(=O)CC[C@H]1CC(=O)OC.CC/C=C\C[C@H]1C(=O)CC[C@H]1CC(=O)O.CC/C=C\C[C@H]1C(=O)CC[C@H]1CC(C)=O.CO.CO. The lowest BCUT2D eigenvalue weighted by atomic mass is 9.88. The van der Waals surface area contributed by atoms with Crippen LogP contribution in [0.1, 0.15) is 185 Å². The minimum atomic E-state index is -0.792. The first-order valence-corrected chi connectivity index (χ1v) is 23.7. The minimum absolute atomic E-state index is 0. The number of aliphatic carboxylic acids is 2. The predicted molar refractivity (Wildman–Crippen MR) is 274 cm³/mol. The number of carbonyl (C=O) groups is 8. The molecule has 0 unspecified atom stereocenters. The van der Waals surface area contributed by atoms with E-state index in [9.17, 15) is 38.4 Å². The number of aliphatic hydroxyl groups is 2. The van der Waals surface area contributed by atoms with E-state index < -0.39 is 11.9 Å². The smallest absolute Gasteiger partial charge is 0.305 e. The maximum atomic E-state index is 11.7. The van der Waals surface area contributed by atoms with Gasteiger partial charge >= 0.3 is 17.9 Å². The normalized spacial score (nSPS) is 23.6.